The molecule has 1 unspecified atom stereocenters. The van der Waals surface area contributed by atoms with Gasteiger partial charge in [0.1, 0.15) is 6.10 Å². The number of ether oxygens (including phenoxy) is 1. The zero-order valence-electron chi connectivity index (χ0n) is 9.90. The molecule has 17 heavy (non-hydrogen) atoms. The number of nitrogens with one attached hydrogen (secondary N) is 1. The minimum atomic E-state index is -0.466. The van der Waals surface area contributed by atoms with Crippen LogP contribution in [0.3, 0.4) is 0 Å². The van der Waals surface area contributed by atoms with Crippen molar-refractivity contribution in [2.45, 2.75) is 19.4 Å². The third-order valence-corrected chi connectivity index (χ3v) is 2.47. The van der Waals surface area contributed by atoms with Gasteiger partial charge in [-0.2, -0.15) is 0 Å². The average molecular weight is 252 g/mol. The number of amides is 1. The number of thiocarbonyl (C=S) groups is 1. The summed E-state index contributed by atoms with van der Waals surface area (Å²) >= 11 is 4.82. The average Bonchev–Trinajstić information content (AvgIpc) is 2.30. The van der Waals surface area contributed by atoms with Crippen LogP contribution in [0.1, 0.15) is 12.5 Å². The van der Waals surface area contributed by atoms with E-state index >= 15 is 0 Å². The van der Waals surface area contributed by atoms with Gasteiger partial charge in [-0.3, -0.25) is 4.79 Å². The van der Waals surface area contributed by atoms with Crippen LogP contribution < -0.4 is 11.1 Å². The molecule has 1 aromatic carbocycles. The van der Waals surface area contributed by atoms with E-state index in [0.29, 0.717) is 11.4 Å². The van der Waals surface area contributed by atoms with Gasteiger partial charge in [0.15, 0.2) is 0 Å². The van der Waals surface area contributed by atoms with Crippen molar-refractivity contribution in [1.29, 1.82) is 0 Å². The van der Waals surface area contributed by atoms with Crippen molar-refractivity contribution in [2.24, 2.45) is 5.73 Å². The minimum Gasteiger partial charge on any atom is -0.393 e. The highest BCUT2D eigenvalue weighted by Crippen LogP contribution is 2.10. The van der Waals surface area contributed by atoms with E-state index in [9.17, 15) is 4.79 Å². The first kappa shape index (κ1) is 13.6. The van der Waals surface area contributed by atoms with Crippen LogP contribution in [0, 0.1) is 0 Å². The molecule has 1 rings (SSSR count). The summed E-state index contributed by atoms with van der Waals surface area (Å²) in [6.45, 7) is 1.69. The Hall–Kier alpha value is -1.46. The molecule has 0 radical (unpaired) electrons. The Morgan fingerprint density at radius 2 is 2.06 bits per heavy atom. The zero-order chi connectivity index (χ0) is 12.8. The largest absolute Gasteiger partial charge is 0.393 e. The molecule has 0 bridgehead atoms. The smallest absolute Gasteiger partial charge is 0.253 e. The van der Waals surface area contributed by atoms with E-state index in [0.717, 1.165) is 11.3 Å². The van der Waals surface area contributed by atoms with Crippen LogP contribution >= 0.6 is 12.2 Å². The third kappa shape index (κ3) is 4.50. The van der Waals surface area contributed by atoms with Crippen molar-refractivity contribution >= 4 is 28.8 Å². The second kappa shape index (κ2) is 6.32. The first-order valence-corrected chi connectivity index (χ1v) is 5.64. The number of hydrogen-bond donors (Lipinski definition) is 2. The molecule has 0 aromatic heterocycles. The minimum absolute atomic E-state index is 0.172. The molecule has 0 fully saturated rings. The van der Waals surface area contributed by atoms with Crippen molar-refractivity contribution in [3.05, 3.63) is 29.8 Å². The van der Waals surface area contributed by atoms with Gasteiger partial charge in [-0.25, -0.2) is 0 Å². The van der Waals surface area contributed by atoms with Gasteiger partial charge in [0.25, 0.3) is 5.91 Å². The molecular formula is C12H16N2O2S. The molecule has 92 valence electrons. The molecule has 0 spiro atoms. The van der Waals surface area contributed by atoms with Crippen molar-refractivity contribution in [2.75, 3.05) is 12.4 Å². The summed E-state index contributed by atoms with van der Waals surface area (Å²) in [6.07, 6.45) is 0.101. The fraction of sp³-hybridized carbons (Fsp3) is 0.333. The second-order valence-electron chi connectivity index (χ2n) is 3.71. The lowest BCUT2D eigenvalue weighted by Gasteiger charge is -2.10. The molecule has 4 nitrogen and oxygen atoms in total. The van der Waals surface area contributed by atoms with E-state index in [-0.39, 0.29) is 5.91 Å². The topological polar surface area (TPSA) is 64.3 Å². The molecule has 1 atom stereocenters. The Balaban J connectivity index is 2.62. The lowest BCUT2D eigenvalue weighted by molar-refractivity contribution is -0.124. The van der Waals surface area contributed by atoms with Gasteiger partial charge >= 0.3 is 0 Å². The van der Waals surface area contributed by atoms with Crippen molar-refractivity contribution in [3.8, 4) is 0 Å². The van der Waals surface area contributed by atoms with Crippen LogP contribution in [-0.4, -0.2) is 24.1 Å². The summed E-state index contributed by atoms with van der Waals surface area (Å²) in [4.78, 5) is 12.0. The SMILES string of the molecule is COC(C)C(=O)Nc1ccc(CC(N)=S)cc1. The molecule has 0 heterocycles. The number of hydrogen-bond acceptors (Lipinski definition) is 3. The lowest BCUT2D eigenvalue weighted by atomic mass is 10.1. The van der Waals surface area contributed by atoms with Crippen molar-refractivity contribution in [3.63, 3.8) is 0 Å². The summed E-state index contributed by atoms with van der Waals surface area (Å²) in [5.74, 6) is -0.172. The highest BCUT2D eigenvalue weighted by atomic mass is 32.1. The fourth-order valence-corrected chi connectivity index (χ4v) is 1.42. The van der Waals surface area contributed by atoms with Gasteiger partial charge in [0, 0.05) is 19.2 Å². The summed E-state index contributed by atoms with van der Waals surface area (Å²) < 4.78 is 4.91. The quantitative estimate of drug-likeness (QED) is 0.779. The van der Waals surface area contributed by atoms with Gasteiger partial charge in [-0.1, -0.05) is 24.4 Å². The van der Waals surface area contributed by atoms with Gasteiger partial charge < -0.3 is 15.8 Å². The second-order valence-corrected chi connectivity index (χ2v) is 4.23. The van der Waals surface area contributed by atoms with Crippen LogP contribution in [0.15, 0.2) is 24.3 Å². The number of carbonyl (C=O) groups is 1. The molecule has 0 aliphatic carbocycles. The molecule has 0 aliphatic rings. The highest BCUT2D eigenvalue weighted by Gasteiger charge is 2.11. The molecule has 0 saturated heterocycles. The van der Waals surface area contributed by atoms with Crippen LogP contribution in [0.25, 0.3) is 0 Å². The first-order chi connectivity index (χ1) is 8.02. The van der Waals surface area contributed by atoms with Crippen LogP contribution in [0.2, 0.25) is 0 Å². The highest BCUT2D eigenvalue weighted by molar-refractivity contribution is 7.80. The predicted octanol–water partition coefficient (Wildman–Crippen LogP) is 1.49. The Bertz CT molecular complexity index is 403. The molecule has 0 aliphatic heterocycles. The Morgan fingerprint density at radius 1 is 1.47 bits per heavy atom. The summed E-state index contributed by atoms with van der Waals surface area (Å²) in [6, 6.07) is 7.39. The maximum Gasteiger partial charge on any atom is 0.253 e. The standard InChI is InChI=1S/C12H16N2O2S/c1-8(16-2)12(15)14-10-5-3-9(4-6-10)7-11(13)17/h3-6,8H,7H2,1-2H3,(H2,13,17)(H,14,15). The van der Waals surface area contributed by atoms with Crippen LogP contribution in [0.5, 0.6) is 0 Å². The number of anilines is 1. The summed E-state index contributed by atoms with van der Waals surface area (Å²) in [5, 5.41) is 2.75. The van der Waals surface area contributed by atoms with Crippen molar-refractivity contribution < 1.29 is 9.53 Å². The molecule has 1 aromatic rings. The Labute approximate surface area is 106 Å². The van der Waals surface area contributed by atoms with E-state index in [1.165, 1.54) is 7.11 Å². The van der Waals surface area contributed by atoms with Gasteiger partial charge in [-0.15, -0.1) is 0 Å². The predicted molar refractivity (Wildman–Crippen MR) is 72.0 cm³/mol. The fourth-order valence-electron chi connectivity index (χ4n) is 1.26. The van der Waals surface area contributed by atoms with E-state index < -0.39 is 6.10 Å². The lowest BCUT2D eigenvalue weighted by Crippen LogP contribution is -2.26. The third-order valence-electron chi connectivity index (χ3n) is 2.32. The van der Waals surface area contributed by atoms with Crippen molar-refractivity contribution in [1.82, 2.24) is 0 Å². The normalized spacial score (nSPS) is 11.9. The summed E-state index contributed by atoms with van der Waals surface area (Å²) in [5.41, 5.74) is 7.20. The maximum absolute atomic E-state index is 11.5. The Kier molecular flexibility index (Phi) is 5.06. The number of benzene rings is 1. The monoisotopic (exact) mass is 252 g/mol. The number of carbonyl (C=O) groups excluding carboxylic acids is 1. The maximum atomic E-state index is 11.5. The van der Waals surface area contributed by atoms with E-state index in [1.54, 1.807) is 6.92 Å². The summed E-state index contributed by atoms with van der Waals surface area (Å²) in [7, 11) is 1.50. The van der Waals surface area contributed by atoms with E-state index in [4.69, 9.17) is 22.7 Å². The Morgan fingerprint density at radius 3 is 2.53 bits per heavy atom. The zero-order valence-corrected chi connectivity index (χ0v) is 10.7. The molecule has 1 amide bonds. The van der Waals surface area contributed by atoms with Crippen LogP contribution in [0.4, 0.5) is 5.69 Å². The molecule has 5 heteroatoms. The van der Waals surface area contributed by atoms with Gasteiger partial charge in [0.05, 0.1) is 4.99 Å². The van der Waals surface area contributed by atoms with Gasteiger partial charge in [0.2, 0.25) is 0 Å². The van der Waals surface area contributed by atoms with E-state index in [2.05, 4.69) is 5.32 Å². The van der Waals surface area contributed by atoms with E-state index in [1.807, 2.05) is 24.3 Å². The molecular weight excluding hydrogens is 236 g/mol. The number of nitrogens with two attached hydrogens (primary N) is 1. The molecule has 0 saturated carbocycles. The first-order valence-electron chi connectivity index (χ1n) is 5.24. The number of methoxy groups -OCH3 is 1. The van der Waals surface area contributed by atoms with Crippen LogP contribution in [-0.2, 0) is 16.0 Å². The number of rotatable bonds is 5. The van der Waals surface area contributed by atoms with Gasteiger partial charge in [-0.05, 0) is 24.6 Å². The molecule has 3 N–H and O–H groups in total.